The molecule has 1 unspecified atom stereocenters. The standard InChI is InChI=1S/C17H17N3O3/c1-2-5-11-9-16(22)20(17(11)23)19-15(21)8-12-10-18-14-7-4-3-6-13(12)14/h2-4,6-7,10-11,18H,1,5,8-9H2,(H,19,21). The Labute approximate surface area is 133 Å². The van der Waals surface area contributed by atoms with Gasteiger partial charge in [0.1, 0.15) is 0 Å². The van der Waals surface area contributed by atoms with Gasteiger partial charge in [0.2, 0.25) is 11.8 Å². The molecule has 1 fully saturated rings. The van der Waals surface area contributed by atoms with Gasteiger partial charge in [-0.2, -0.15) is 5.01 Å². The van der Waals surface area contributed by atoms with Crippen LogP contribution in [0.5, 0.6) is 0 Å². The summed E-state index contributed by atoms with van der Waals surface area (Å²) in [4.78, 5) is 39.2. The highest BCUT2D eigenvalue weighted by Crippen LogP contribution is 2.22. The lowest BCUT2D eigenvalue weighted by Gasteiger charge is -2.15. The second kappa shape index (κ2) is 6.08. The highest BCUT2D eigenvalue weighted by Gasteiger charge is 2.38. The lowest BCUT2D eigenvalue weighted by Crippen LogP contribution is -2.46. The number of hydrogen-bond donors (Lipinski definition) is 2. The van der Waals surface area contributed by atoms with E-state index >= 15 is 0 Å². The molecule has 1 saturated heterocycles. The van der Waals surface area contributed by atoms with Crippen molar-refractivity contribution in [1.82, 2.24) is 15.4 Å². The zero-order valence-electron chi connectivity index (χ0n) is 12.5. The van der Waals surface area contributed by atoms with Crippen LogP contribution in [0.25, 0.3) is 10.9 Å². The molecule has 1 aromatic carbocycles. The molecule has 1 atom stereocenters. The molecule has 2 heterocycles. The first-order valence-electron chi connectivity index (χ1n) is 7.42. The molecule has 6 heteroatoms. The molecule has 2 aromatic rings. The molecule has 2 N–H and O–H groups in total. The van der Waals surface area contributed by atoms with E-state index in [4.69, 9.17) is 0 Å². The first-order valence-corrected chi connectivity index (χ1v) is 7.42. The molecule has 23 heavy (non-hydrogen) atoms. The quantitative estimate of drug-likeness (QED) is 0.651. The number of aromatic amines is 1. The van der Waals surface area contributed by atoms with Crippen molar-refractivity contribution in [3.63, 3.8) is 0 Å². The van der Waals surface area contributed by atoms with Gasteiger partial charge in [-0.05, 0) is 18.1 Å². The third-order valence-electron chi connectivity index (χ3n) is 3.95. The Bertz CT molecular complexity index is 793. The van der Waals surface area contributed by atoms with Crippen molar-refractivity contribution >= 4 is 28.6 Å². The van der Waals surface area contributed by atoms with Crippen molar-refractivity contribution in [1.29, 1.82) is 0 Å². The van der Waals surface area contributed by atoms with Crippen LogP contribution in [-0.4, -0.2) is 27.7 Å². The number of nitrogens with one attached hydrogen (secondary N) is 2. The van der Waals surface area contributed by atoms with E-state index in [-0.39, 0.29) is 24.7 Å². The average Bonchev–Trinajstić information content (AvgIpc) is 3.05. The minimum atomic E-state index is -0.423. The first-order chi connectivity index (χ1) is 11.1. The summed E-state index contributed by atoms with van der Waals surface area (Å²) in [7, 11) is 0. The van der Waals surface area contributed by atoms with Gasteiger partial charge in [0.05, 0.1) is 12.3 Å². The van der Waals surface area contributed by atoms with Crippen LogP contribution in [0, 0.1) is 5.92 Å². The largest absolute Gasteiger partial charge is 0.361 e. The number of hydrazine groups is 1. The molecule has 118 valence electrons. The number of amides is 3. The number of hydrogen-bond acceptors (Lipinski definition) is 3. The summed E-state index contributed by atoms with van der Waals surface area (Å²) in [6, 6.07) is 7.64. The van der Waals surface area contributed by atoms with E-state index in [1.807, 2.05) is 24.3 Å². The highest BCUT2D eigenvalue weighted by molar-refractivity contribution is 6.05. The van der Waals surface area contributed by atoms with Crippen LogP contribution in [0.15, 0.2) is 43.1 Å². The number of benzene rings is 1. The number of imide groups is 1. The van der Waals surface area contributed by atoms with Gasteiger partial charge in [-0.3, -0.25) is 19.8 Å². The number of carbonyl (C=O) groups excluding carboxylic acids is 3. The molecule has 0 radical (unpaired) electrons. The molecule has 0 spiro atoms. The van der Waals surface area contributed by atoms with Crippen molar-refractivity contribution in [2.75, 3.05) is 0 Å². The van der Waals surface area contributed by atoms with Gasteiger partial charge in [0.15, 0.2) is 0 Å². The molecule has 6 nitrogen and oxygen atoms in total. The van der Waals surface area contributed by atoms with Crippen molar-refractivity contribution in [2.24, 2.45) is 5.92 Å². The smallest absolute Gasteiger partial charge is 0.252 e. The maximum Gasteiger partial charge on any atom is 0.252 e. The second-order valence-electron chi connectivity index (χ2n) is 5.56. The third kappa shape index (κ3) is 2.88. The van der Waals surface area contributed by atoms with Crippen LogP contribution in [0.3, 0.4) is 0 Å². The fourth-order valence-electron chi connectivity index (χ4n) is 2.81. The zero-order valence-corrected chi connectivity index (χ0v) is 12.5. The maximum atomic E-state index is 12.2. The number of nitrogens with zero attached hydrogens (tertiary/aromatic N) is 1. The fourth-order valence-corrected chi connectivity index (χ4v) is 2.81. The topological polar surface area (TPSA) is 82.3 Å². The Morgan fingerprint density at radius 2 is 2.17 bits per heavy atom. The van der Waals surface area contributed by atoms with Gasteiger partial charge in [0, 0.05) is 23.5 Å². The second-order valence-corrected chi connectivity index (χ2v) is 5.56. The Kier molecular flexibility index (Phi) is 3.97. The van der Waals surface area contributed by atoms with E-state index in [1.165, 1.54) is 0 Å². The van der Waals surface area contributed by atoms with Crippen molar-refractivity contribution in [3.05, 3.63) is 48.7 Å². The van der Waals surface area contributed by atoms with Crippen LogP contribution < -0.4 is 5.43 Å². The predicted molar refractivity (Wildman–Crippen MR) is 84.9 cm³/mol. The molecule has 0 saturated carbocycles. The average molecular weight is 311 g/mol. The Balaban J connectivity index is 1.69. The van der Waals surface area contributed by atoms with Gasteiger partial charge in [-0.1, -0.05) is 24.3 Å². The molecule has 3 amide bonds. The predicted octanol–water partition coefficient (Wildman–Crippen LogP) is 1.69. The van der Waals surface area contributed by atoms with E-state index in [2.05, 4.69) is 17.0 Å². The van der Waals surface area contributed by atoms with E-state index < -0.39 is 11.8 Å². The minimum absolute atomic E-state index is 0.0905. The normalized spacial score (nSPS) is 17.7. The van der Waals surface area contributed by atoms with Crippen molar-refractivity contribution in [3.8, 4) is 0 Å². The maximum absolute atomic E-state index is 12.2. The number of allylic oxidation sites excluding steroid dienone is 1. The molecular weight excluding hydrogens is 294 g/mol. The molecule has 1 aromatic heterocycles. The highest BCUT2D eigenvalue weighted by atomic mass is 16.2. The first kappa shape index (κ1) is 15.0. The number of rotatable bonds is 5. The monoisotopic (exact) mass is 311 g/mol. The summed E-state index contributed by atoms with van der Waals surface area (Å²) in [5, 5.41) is 1.79. The SMILES string of the molecule is C=CCC1CC(=O)N(NC(=O)Cc2c[nH]c3ccccc23)C1=O. The van der Waals surface area contributed by atoms with Gasteiger partial charge in [-0.15, -0.1) is 6.58 Å². The Morgan fingerprint density at radius 3 is 2.96 bits per heavy atom. The van der Waals surface area contributed by atoms with E-state index in [0.29, 0.717) is 6.42 Å². The zero-order chi connectivity index (χ0) is 16.4. The van der Waals surface area contributed by atoms with E-state index in [0.717, 1.165) is 21.5 Å². The van der Waals surface area contributed by atoms with Gasteiger partial charge in [0.25, 0.3) is 5.91 Å². The van der Waals surface area contributed by atoms with Crippen molar-refractivity contribution < 1.29 is 14.4 Å². The van der Waals surface area contributed by atoms with E-state index in [9.17, 15) is 14.4 Å². The summed E-state index contributed by atoms with van der Waals surface area (Å²) < 4.78 is 0. The van der Waals surface area contributed by atoms with Crippen LogP contribution in [0.1, 0.15) is 18.4 Å². The Morgan fingerprint density at radius 1 is 1.39 bits per heavy atom. The molecule has 0 aliphatic carbocycles. The van der Waals surface area contributed by atoms with Crippen molar-refractivity contribution in [2.45, 2.75) is 19.3 Å². The fraction of sp³-hybridized carbons (Fsp3) is 0.235. The lowest BCUT2D eigenvalue weighted by atomic mass is 10.0. The summed E-state index contributed by atoms with van der Waals surface area (Å²) in [5.74, 6) is -1.57. The van der Waals surface area contributed by atoms with Gasteiger partial charge >= 0.3 is 0 Å². The lowest BCUT2D eigenvalue weighted by molar-refractivity contribution is -0.148. The Hall–Kier alpha value is -2.89. The number of para-hydroxylation sites is 1. The van der Waals surface area contributed by atoms with Crippen LogP contribution in [-0.2, 0) is 20.8 Å². The van der Waals surface area contributed by atoms with Crippen LogP contribution in [0.4, 0.5) is 0 Å². The minimum Gasteiger partial charge on any atom is -0.361 e. The molecular formula is C17H17N3O3. The molecule has 1 aliphatic rings. The summed E-state index contributed by atoms with van der Waals surface area (Å²) in [6.45, 7) is 3.58. The summed E-state index contributed by atoms with van der Waals surface area (Å²) >= 11 is 0. The van der Waals surface area contributed by atoms with Crippen LogP contribution >= 0.6 is 0 Å². The van der Waals surface area contributed by atoms with Gasteiger partial charge < -0.3 is 4.98 Å². The van der Waals surface area contributed by atoms with Gasteiger partial charge in [-0.25, -0.2) is 0 Å². The van der Waals surface area contributed by atoms with E-state index in [1.54, 1.807) is 12.3 Å². The number of aromatic nitrogens is 1. The summed E-state index contributed by atoms with van der Waals surface area (Å²) in [6.07, 6.45) is 4.00. The molecule has 3 rings (SSSR count). The summed E-state index contributed by atoms with van der Waals surface area (Å²) in [5.41, 5.74) is 4.18. The number of fused-ring (bicyclic) bond motifs is 1. The number of carbonyl (C=O) groups is 3. The molecule has 0 bridgehead atoms. The van der Waals surface area contributed by atoms with Crippen LogP contribution in [0.2, 0.25) is 0 Å². The molecule has 1 aliphatic heterocycles. The third-order valence-corrected chi connectivity index (χ3v) is 3.95. The number of H-pyrrole nitrogens is 1.